The van der Waals surface area contributed by atoms with Crippen molar-refractivity contribution in [2.24, 2.45) is 0 Å². The van der Waals surface area contributed by atoms with Crippen LogP contribution in [0.15, 0.2) is 54.6 Å². The summed E-state index contributed by atoms with van der Waals surface area (Å²) < 4.78 is 40.7. The van der Waals surface area contributed by atoms with Crippen molar-refractivity contribution in [2.45, 2.75) is 37.1 Å². The van der Waals surface area contributed by atoms with Gasteiger partial charge in [0.25, 0.3) is 16.1 Å². The highest BCUT2D eigenvalue weighted by Gasteiger charge is 2.43. The summed E-state index contributed by atoms with van der Waals surface area (Å²) in [5.74, 6) is 0.322. The Balaban J connectivity index is 1.51. The first-order chi connectivity index (χ1) is 16.9. The number of hydrogen-bond acceptors (Lipinski definition) is 5. The van der Waals surface area contributed by atoms with Crippen LogP contribution in [0.1, 0.15) is 41.6 Å². The molecule has 8 nitrogen and oxygen atoms in total. The maximum atomic E-state index is 13.5. The summed E-state index contributed by atoms with van der Waals surface area (Å²) in [5, 5.41) is 3.10. The molecule has 1 amide bonds. The molecule has 35 heavy (non-hydrogen) atoms. The summed E-state index contributed by atoms with van der Waals surface area (Å²) in [7, 11) is -0.410. The van der Waals surface area contributed by atoms with Crippen molar-refractivity contribution in [3.8, 4) is 5.75 Å². The maximum Gasteiger partial charge on any atom is 0.282 e. The summed E-state index contributed by atoms with van der Waals surface area (Å²) in [6.07, 6.45) is 2.91. The molecule has 190 valence electrons. The van der Waals surface area contributed by atoms with Crippen molar-refractivity contribution >= 4 is 16.1 Å². The number of piperidine rings is 1. The van der Waals surface area contributed by atoms with Crippen LogP contribution in [-0.2, 0) is 20.4 Å². The third-order valence-electron chi connectivity index (χ3n) is 7.31. The lowest BCUT2D eigenvalue weighted by atomic mass is 9.73. The van der Waals surface area contributed by atoms with Gasteiger partial charge in [0, 0.05) is 44.7 Å². The smallest absolute Gasteiger partial charge is 0.282 e. The van der Waals surface area contributed by atoms with Crippen LogP contribution < -0.4 is 10.1 Å². The van der Waals surface area contributed by atoms with Crippen LogP contribution in [-0.4, -0.2) is 76.0 Å². The van der Waals surface area contributed by atoms with Gasteiger partial charge in [0.1, 0.15) is 5.75 Å². The molecule has 0 aromatic heterocycles. The highest BCUT2D eigenvalue weighted by atomic mass is 32.2. The Morgan fingerprint density at radius 1 is 1.03 bits per heavy atom. The molecule has 2 aliphatic heterocycles. The van der Waals surface area contributed by atoms with E-state index in [0.717, 1.165) is 18.4 Å². The van der Waals surface area contributed by atoms with Gasteiger partial charge in [0.2, 0.25) is 0 Å². The van der Waals surface area contributed by atoms with E-state index in [4.69, 9.17) is 9.47 Å². The van der Waals surface area contributed by atoms with Crippen molar-refractivity contribution in [3.05, 3.63) is 65.7 Å². The SMILES string of the molecule is COC[C@@H]1CCCN1S(=O)(=O)N1CCC(CNC(=O)c2ccccc2OC)(c2ccccc2)CC1. The minimum Gasteiger partial charge on any atom is -0.496 e. The fourth-order valence-electron chi connectivity index (χ4n) is 5.30. The van der Waals surface area contributed by atoms with Gasteiger partial charge >= 0.3 is 0 Å². The van der Waals surface area contributed by atoms with Gasteiger partial charge in [-0.25, -0.2) is 0 Å². The number of carbonyl (C=O) groups is 1. The molecule has 1 atom stereocenters. The molecular weight excluding hydrogens is 466 g/mol. The predicted octanol–water partition coefficient (Wildman–Crippen LogP) is 2.81. The van der Waals surface area contributed by atoms with Crippen molar-refractivity contribution < 1.29 is 22.7 Å². The predicted molar refractivity (Wildman–Crippen MR) is 135 cm³/mol. The molecule has 2 saturated heterocycles. The Hall–Kier alpha value is -2.46. The summed E-state index contributed by atoms with van der Waals surface area (Å²) in [5.41, 5.74) is 1.23. The highest BCUT2D eigenvalue weighted by Crippen LogP contribution is 2.37. The van der Waals surface area contributed by atoms with Crippen LogP contribution in [0.5, 0.6) is 5.75 Å². The number of para-hydroxylation sites is 1. The zero-order valence-corrected chi connectivity index (χ0v) is 21.3. The molecule has 2 aromatic carbocycles. The molecule has 9 heteroatoms. The average molecular weight is 502 g/mol. The second-order valence-electron chi connectivity index (χ2n) is 9.30. The minimum absolute atomic E-state index is 0.106. The van der Waals surface area contributed by atoms with Gasteiger partial charge < -0.3 is 14.8 Å². The normalized spacial score (nSPS) is 21.0. The van der Waals surface area contributed by atoms with E-state index >= 15 is 0 Å². The van der Waals surface area contributed by atoms with Crippen molar-refractivity contribution in [2.75, 3.05) is 47.0 Å². The largest absolute Gasteiger partial charge is 0.496 e. The Morgan fingerprint density at radius 2 is 1.71 bits per heavy atom. The number of nitrogens with one attached hydrogen (secondary N) is 1. The quantitative estimate of drug-likeness (QED) is 0.571. The summed E-state index contributed by atoms with van der Waals surface area (Å²) in [6.45, 7) is 2.16. The highest BCUT2D eigenvalue weighted by molar-refractivity contribution is 7.86. The number of amides is 1. The third kappa shape index (κ3) is 5.38. The number of hydrogen-bond donors (Lipinski definition) is 1. The Morgan fingerprint density at radius 3 is 2.40 bits per heavy atom. The van der Waals surface area contributed by atoms with E-state index in [0.29, 0.717) is 56.9 Å². The maximum absolute atomic E-state index is 13.5. The lowest BCUT2D eigenvalue weighted by Crippen LogP contribution is -2.54. The molecule has 0 unspecified atom stereocenters. The zero-order valence-electron chi connectivity index (χ0n) is 20.5. The molecule has 0 radical (unpaired) electrons. The van der Waals surface area contributed by atoms with Crippen LogP contribution in [0.4, 0.5) is 0 Å². The van der Waals surface area contributed by atoms with Gasteiger partial charge in [0.15, 0.2) is 0 Å². The molecule has 0 saturated carbocycles. The summed E-state index contributed by atoms with van der Waals surface area (Å²) in [6, 6.07) is 17.1. The van der Waals surface area contributed by atoms with Gasteiger partial charge in [-0.05, 0) is 43.4 Å². The fourth-order valence-corrected chi connectivity index (χ4v) is 7.14. The van der Waals surface area contributed by atoms with E-state index in [2.05, 4.69) is 17.4 Å². The second-order valence-corrected chi connectivity index (χ2v) is 11.2. The molecule has 2 fully saturated rings. The number of rotatable bonds is 9. The van der Waals surface area contributed by atoms with Gasteiger partial charge in [-0.3, -0.25) is 4.79 Å². The molecule has 4 rings (SSSR count). The van der Waals surface area contributed by atoms with Gasteiger partial charge in [0.05, 0.1) is 19.3 Å². The van der Waals surface area contributed by atoms with Gasteiger partial charge in [-0.15, -0.1) is 0 Å². The number of nitrogens with zero attached hydrogens (tertiary/aromatic N) is 2. The topological polar surface area (TPSA) is 88.2 Å². The molecule has 1 N–H and O–H groups in total. The summed E-state index contributed by atoms with van der Waals surface area (Å²) in [4.78, 5) is 13.0. The number of ether oxygens (including phenoxy) is 2. The average Bonchev–Trinajstić information content (AvgIpc) is 3.37. The van der Waals surface area contributed by atoms with E-state index in [-0.39, 0.29) is 17.4 Å². The van der Waals surface area contributed by atoms with E-state index in [1.807, 2.05) is 30.3 Å². The van der Waals surface area contributed by atoms with E-state index in [1.54, 1.807) is 35.0 Å². The second kappa shape index (κ2) is 11.1. The van der Waals surface area contributed by atoms with Crippen LogP contribution in [0.25, 0.3) is 0 Å². The molecule has 2 heterocycles. The van der Waals surface area contributed by atoms with Gasteiger partial charge in [-0.2, -0.15) is 17.0 Å². The van der Waals surface area contributed by atoms with Crippen LogP contribution >= 0.6 is 0 Å². The zero-order chi connectivity index (χ0) is 24.9. The third-order valence-corrected chi connectivity index (χ3v) is 9.40. The van der Waals surface area contributed by atoms with Crippen molar-refractivity contribution in [3.63, 3.8) is 0 Å². The van der Waals surface area contributed by atoms with Gasteiger partial charge in [-0.1, -0.05) is 42.5 Å². The van der Waals surface area contributed by atoms with Crippen LogP contribution in [0, 0.1) is 0 Å². The number of methoxy groups -OCH3 is 2. The lowest BCUT2D eigenvalue weighted by molar-refractivity contribution is 0.0928. The number of benzene rings is 2. The fraction of sp³-hybridized carbons (Fsp3) is 0.500. The van der Waals surface area contributed by atoms with E-state index in [9.17, 15) is 13.2 Å². The number of carbonyl (C=O) groups excluding carboxylic acids is 1. The molecule has 0 spiro atoms. The molecular formula is C26H35N3O5S. The molecule has 0 aliphatic carbocycles. The Kier molecular flexibility index (Phi) is 8.11. The Labute approximate surface area is 208 Å². The summed E-state index contributed by atoms with van der Waals surface area (Å²) >= 11 is 0. The first-order valence-electron chi connectivity index (χ1n) is 12.1. The Bertz CT molecular complexity index is 1100. The molecule has 2 aromatic rings. The minimum atomic E-state index is -3.57. The van der Waals surface area contributed by atoms with E-state index < -0.39 is 10.2 Å². The lowest BCUT2D eigenvalue weighted by Gasteiger charge is -2.43. The van der Waals surface area contributed by atoms with Crippen molar-refractivity contribution in [1.82, 2.24) is 13.9 Å². The first kappa shape index (κ1) is 25.6. The standard InChI is InChI=1S/C26H35N3O5S/c1-33-19-22-11-8-16-29(22)35(31,32)28-17-14-26(15-18-28,21-9-4-3-5-10-21)20-27-25(30)23-12-6-7-13-24(23)34-2/h3-7,9-10,12-13,22H,8,11,14-20H2,1-2H3,(H,27,30)/t22-/m0/s1. The monoisotopic (exact) mass is 501 g/mol. The molecule has 2 aliphatic rings. The van der Waals surface area contributed by atoms with Crippen molar-refractivity contribution in [1.29, 1.82) is 0 Å². The molecule has 0 bridgehead atoms. The van der Waals surface area contributed by atoms with Crippen LogP contribution in [0.2, 0.25) is 0 Å². The van der Waals surface area contributed by atoms with Crippen LogP contribution in [0.3, 0.4) is 0 Å². The first-order valence-corrected chi connectivity index (χ1v) is 13.5. The van der Waals surface area contributed by atoms with E-state index in [1.165, 1.54) is 0 Å².